The van der Waals surface area contributed by atoms with Gasteiger partial charge in [-0.2, -0.15) is 0 Å². The van der Waals surface area contributed by atoms with Gasteiger partial charge in [0.05, 0.1) is 4.90 Å². The maximum Gasteiger partial charge on any atom is 0.263 e. The Morgan fingerprint density at radius 2 is 2.00 bits per heavy atom. The Kier molecular flexibility index (Phi) is 3.00. The quantitative estimate of drug-likeness (QED) is 0.824. The first kappa shape index (κ1) is 12.4. The van der Waals surface area contributed by atoms with Crippen LogP contribution in [0, 0.1) is 13.8 Å². The zero-order chi connectivity index (χ0) is 13.3. The molecule has 96 valence electrons. The molecule has 7 heteroatoms. The summed E-state index contributed by atoms with van der Waals surface area (Å²) in [7, 11) is -3.71. The summed E-state index contributed by atoms with van der Waals surface area (Å²) in [5, 5.41) is 3.58. The van der Waals surface area contributed by atoms with Crippen LogP contribution in [0.1, 0.15) is 11.3 Å². The van der Waals surface area contributed by atoms with E-state index in [4.69, 9.17) is 10.3 Å². The van der Waals surface area contributed by atoms with Crippen molar-refractivity contribution in [3.05, 3.63) is 35.6 Å². The standard InChI is InChI=1S/C11H13N3O3S/c1-7-3-4-9(12)6-10(7)18(15,16)14-11-5-8(2)17-13-11/h3-6H,12H2,1-2H3,(H,13,14). The van der Waals surface area contributed by atoms with Gasteiger partial charge < -0.3 is 10.3 Å². The van der Waals surface area contributed by atoms with Crippen LogP contribution in [0.25, 0.3) is 0 Å². The van der Waals surface area contributed by atoms with Gasteiger partial charge in [0.25, 0.3) is 10.0 Å². The first-order valence-corrected chi connectivity index (χ1v) is 6.69. The predicted molar refractivity (Wildman–Crippen MR) is 67.6 cm³/mol. The molecule has 2 rings (SSSR count). The van der Waals surface area contributed by atoms with Crippen molar-refractivity contribution < 1.29 is 12.9 Å². The molecule has 0 atom stereocenters. The van der Waals surface area contributed by atoms with Gasteiger partial charge in [0.1, 0.15) is 5.76 Å². The molecule has 1 aromatic heterocycles. The minimum Gasteiger partial charge on any atom is -0.399 e. The summed E-state index contributed by atoms with van der Waals surface area (Å²) < 4.78 is 31.4. The number of nitrogen functional groups attached to an aromatic ring is 1. The highest BCUT2D eigenvalue weighted by atomic mass is 32.2. The lowest BCUT2D eigenvalue weighted by Crippen LogP contribution is -2.14. The first-order valence-electron chi connectivity index (χ1n) is 5.21. The van der Waals surface area contributed by atoms with Crippen LogP contribution in [-0.4, -0.2) is 13.6 Å². The van der Waals surface area contributed by atoms with Crippen LogP contribution < -0.4 is 10.5 Å². The van der Waals surface area contributed by atoms with Crippen molar-refractivity contribution in [2.75, 3.05) is 10.5 Å². The van der Waals surface area contributed by atoms with E-state index in [0.717, 1.165) is 0 Å². The molecule has 0 bridgehead atoms. The molecule has 0 fully saturated rings. The second kappa shape index (κ2) is 4.34. The van der Waals surface area contributed by atoms with Crippen LogP contribution in [0.4, 0.5) is 11.5 Å². The number of benzene rings is 1. The molecule has 3 N–H and O–H groups in total. The SMILES string of the molecule is Cc1cc(NS(=O)(=O)c2cc(N)ccc2C)no1. The summed E-state index contributed by atoms with van der Waals surface area (Å²) >= 11 is 0. The Hall–Kier alpha value is -2.02. The van der Waals surface area contributed by atoms with E-state index in [0.29, 0.717) is 17.0 Å². The number of anilines is 2. The highest BCUT2D eigenvalue weighted by molar-refractivity contribution is 7.92. The Morgan fingerprint density at radius 1 is 1.28 bits per heavy atom. The first-order chi connectivity index (χ1) is 8.38. The minimum absolute atomic E-state index is 0.128. The molecule has 1 aromatic carbocycles. The fourth-order valence-corrected chi connectivity index (χ4v) is 2.78. The minimum atomic E-state index is -3.71. The number of sulfonamides is 1. The number of aromatic nitrogens is 1. The number of aryl methyl sites for hydroxylation is 2. The van der Waals surface area contributed by atoms with Crippen molar-refractivity contribution in [3.63, 3.8) is 0 Å². The van der Waals surface area contributed by atoms with Gasteiger partial charge in [-0.1, -0.05) is 11.2 Å². The van der Waals surface area contributed by atoms with Crippen LogP contribution in [-0.2, 0) is 10.0 Å². The molecule has 1 heterocycles. The summed E-state index contributed by atoms with van der Waals surface area (Å²) in [4.78, 5) is 0.128. The van der Waals surface area contributed by atoms with Crippen molar-refractivity contribution in [1.82, 2.24) is 5.16 Å². The molecule has 0 unspecified atom stereocenters. The van der Waals surface area contributed by atoms with Gasteiger partial charge in [0.2, 0.25) is 0 Å². The van der Waals surface area contributed by atoms with Crippen molar-refractivity contribution in [1.29, 1.82) is 0 Å². The van der Waals surface area contributed by atoms with Crippen LogP contribution in [0.3, 0.4) is 0 Å². The fourth-order valence-electron chi connectivity index (χ4n) is 1.51. The molecule has 0 saturated carbocycles. The summed E-state index contributed by atoms with van der Waals surface area (Å²) in [5.41, 5.74) is 6.59. The van der Waals surface area contributed by atoms with E-state index in [-0.39, 0.29) is 10.7 Å². The van der Waals surface area contributed by atoms with E-state index in [1.165, 1.54) is 12.1 Å². The van der Waals surface area contributed by atoms with Crippen LogP contribution >= 0.6 is 0 Å². The molecule has 0 aliphatic rings. The molecular weight excluding hydrogens is 254 g/mol. The molecule has 0 saturated heterocycles. The maximum atomic E-state index is 12.1. The number of hydrogen-bond donors (Lipinski definition) is 2. The highest BCUT2D eigenvalue weighted by Gasteiger charge is 2.18. The Balaban J connectivity index is 2.39. The summed E-state index contributed by atoms with van der Waals surface area (Å²) in [6.45, 7) is 3.37. The van der Waals surface area contributed by atoms with Gasteiger partial charge in [0.15, 0.2) is 5.82 Å². The lowest BCUT2D eigenvalue weighted by atomic mass is 10.2. The van der Waals surface area contributed by atoms with E-state index >= 15 is 0 Å². The van der Waals surface area contributed by atoms with E-state index in [2.05, 4.69) is 9.88 Å². The van der Waals surface area contributed by atoms with E-state index in [1.54, 1.807) is 26.0 Å². The van der Waals surface area contributed by atoms with Gasteiger partial charge >= 0.3 is 0 Å². The molecule has 0 aliphatic carbocycles. The second-order valence-corrected chi connectivity index (χ2v) is 5.60. The largest absolute Gasteiger partial charge is 0.399 e. The summed E-state index contributed by atoms with van der Waals surface area (Å²) in [5.74, 6) is 0.673. The zero-order valence-electron chi connectivity index (χ0n) is 9.97. The Bertz CT molecular complexity index is 677. The molecule has 0 aliphatic heterocycles. The molecule has 0 radical (unpaired) electrons. The number of nitrogens with zero attached hydrogens (tertiary/aromatic N) is 1. The van der Waals surface area contributed by atoms with Crippen molar-refractivity contribution >= 4 is 21.5 Å². The second-order valence-electron chi connectivity index (χ2n) is 3.95. The lowest BCUT2D eigenvalue weighted by Gasteiger charge is -2.08. The lowest BCUT2D eigenvalue weighted by molar-refractivity contribution is 0.400. The third-order valence-corrected chi connectivity index (χ3v) is 3.87. The number of rotatable bonds is 3. The van der Waals surface area contributed by atoms with E-state index < -0.39 is 10.0 Å². The number of nitrogens with one attached hydrogen (secondary N) is 1. The average molecular weight is 267 g/mol. The van der Waals surface area contributed by atoms with E-state index in [9.17, 15) is 8.42 Å². The highest BCUT2D eigenvalue weighted by Crippen LogP contribution is 2.21. The predicted octanol–water partition coefficient (Wildman–Crippen LogP) is 1.67. The van der Waals surface area contributed by atoms with Crippen LogP contribution in [0.2, 0.25) is 0 Å². The third-order valence-electron chi connectivity index (χ3n) is 2.37. The van der Waals surface area contributed by atoms with Gasteiger partial charge in [0, 0.05) is 11.8 Å². The smallest absolute Gasteiger partial charge is 0.263 e. The average Bonchev–Trinajstić information content (AvgIpc) is 2.66. The van der Waals surface area contributed by atoms with Crippen LogP contribution in [0.15, 0.2) is 33.7 Å². The van der Waals surface area contributed by atoms with Crippen molar-refractivity contribution in [2.24, 2.45) is 0 Å². The van der Waals surface area contributed by atoms with Gasteiger partial charge in [-0.05, 0) is 31.5 Å². The third kappa shape index (κ3) is 2.45. The summed E-state index contributed by atoms with van der Waals surface area (Å²) in [6, 6.07) is 6.20. The van der Waals surface area contributed by atoms with Crippen LogP contribution in [0.5, 0.6) is 0 Å². The van der Waals surface area contributed by atoms with Gasteiger partial charge in [-0.15, -0.1) is 0 Å². The molecular formula is C11H13N3O3S. The number of nitrogens with two attached hydrogens (primary N) is 1. The molecule has 18 heavy (non-hydrogen) atoms. The maximum absolute atomic E-state index is 12.1. The molecule has 0 spiro atoms. The zero-order valence-corrected chi connectivity index (χ0v) is 10.8. The molecule has 2 aromatic rings. The topological polar surface area (TPSA) is 98.2 Å². The molecule has 6 nitrogen and oxygen atoms in total. The van der Waals surface area contributed by atoms with Crippen molar-refractivity contribution in [2.45, 2.75) is 18.7 Å². The van der Waals surface area contributed by atoms with Gasteiger partial charge in [-0.3, -0.25) is 4.72 Å². The van der Waals surface area contributed by atoms with Gasteiger partial charge in [-0.25, -0.2) is 8.42 Å². The Labute approximate surface area is 105 Å². The number of hydrogen-bond acceptors (Lipinski definition) is 5. The Morgan fingerprint density at radius 3 is 2.61 bits per heavy atom. The molecule has 0 amide bonds. The van der Waals surface area contributed by atoms with E-state index in [1.807, 2.05) is 0 Å². The normalized spacial score (nSPS) is 11.4. The monoisotopic (exact) mass is 267 g/mol. The van der Waals surface area contributed by atoms with Crippen molar-refractivity contribution in [3.8, 4) is 0 Å². The summed E-state index contributed by atoms with van der Waals surface area (Å²) in [6.07, 6.45) is 0. The fraction of sp³-hybridized carbons (Fsp3) is 0.182.